The topological polar surface area (TPSA) is 78.9 Å². The minimum atomic E-state index is -0.768. The Kier molecular flexibility index (Phi) is 42.4. The molecule has 55 heavy (non-hydrogen) atoms. The second kappa shape index (κ2) is 44.3. The highest BCUT2D eigenvalue weighted by Crippen LogP contribution is 2.15. The van der Waals surface area contributed by atoms with Crippen LogP contribution in [0.2, 0.25) is 0 Å². The Balaban J connectivity index is 4.31. The van der Waals surface area contributed by atoms with Crippen molar-refractivity contribution < 1.29 is 28.6 Å². The second-order valence-electron chi connectivity index (χ2n) is 15.6. The van der Waals surface area contributed by atoms with E-state index in [0.29, 0.717) is 19.3 Å². The van der Waals surface area contributed by atoms with E-state index < -0.39 is 6.10 Å². The summed E-state index contributed by atoms with van der Waals surface area (Å²) in [6.45, 7) is 6.50. The number of carbonyl (C=O) groups excluding carboxylic acids is 3. The molecule has 0 spiro atoms. The molecule has 1 unspecified atom stereocenters. The smallest absolute Gasteiger partial charge is 0.306 e. The van der Waals surface area contributed by atoms with Gasteiger partial charge < -0.3 is 14.2 Å². The van der Waals surface area contributed by atoms with Crippen LogP contribution < -0.4 is 0 Å². The molecule has 0 aliphatic carbocycles. The molecular weight excluding hydrogens is 685 g/mol. The zero-order valence-electron chi connectivity index (χ0n) is 36.4. The quantitative estimate of drug-likeness (QED) is 0.0266. The van der Waals surface area contributed by atoms with E-state index >= 15 is 0 Å². The fourth-order valence-electron chi connectivity index (χ4n) is 6.63. The van der Waals surface area contributed by atoms with Crippen molar-refractivity contribution in [2.45, 2.75) is 245 Å². The Morgan fingerprint density at radius 1 is 0.382 bits per heavy atom. The lowest BCUT2D eigenvalue weighted by molar-refractivity contribution is -0.167. The van der Waals surface area contributed by atoms with Crippen LogP contribution in [0.25, 0.3) is 0 Å². The number of hydrogen-bond acceptors (Lipinski definition) is 6. The summed E-state index contributed by atoms with van der Waals surface area (Å²) in [5.41, 5.74) is 0. The van der Waals surface area contributed by atoms with Crippen LogP contribution in [0.5, 0.6) is 0 Å². The zero-order valence-corrected chi connectivity index (χ0v) is 36.4. The molecule has 0 aromatic carbocycles. The van der Waals surface area contributed by atoms with Crippen LogP contribution in [-0.2, 0) is 28.6 Å². The normalized spacial score (nSPS) is 12.3. The summed E-state index contributed by atoms with van der Waals surface area (Å²) in [5.74, 6) is -0.880. The Labute approximate surface area is 340 Å². The maximum Gasteiger partial charge on any atom is 0.306 e. The molecule has 0 saturated heterocycles. The van der Waals surface area contributed by atoms with Crippen molar-refractivity contribution in [2.75, 3.05) is 13.2 Å². The molecule has 0 fully saturated rings. The van der Waals surface area contributed by atoms with E-state index in [9.17, 15) is 14.4 Å². The molecule has 0 aromatic heterocycles. The first-order valence-corrected chi connectivity index (χ1v) is 23.5. The lowest BCUT2D eigenvalue weighted by Gasteiger charge is -2.18. The first kappa shape index (κ1) is 52.6. The van der Waals surface area contributed by atoms with Crippen molar-refractivity contribution in [1.29, 1.82) is 0 Å². The van der Waals surface area contributed by atoms with Gasteiger partial charge in [0, 0.05) is 19.3 Å². The fraction of sp³-hybridized carbons (Fsp3) is 0.816. The van der Waals surface area contributed by atoms with E-state index in [2.05, 4.69) is 57.2 Å². The van der Waals surface area contributed by atoms with Crippen molar-refractivity contribution >= 4 is 17.9 Å². The zero-order chi connectivity index (χ0) is 40.1. The van der Waals surface area contributed by atoms with Gasteiger partial charge in [-0.1, -0.05) is 205 Å². The highest BCUT2D eigenvalue weighted by molar-refractivity contribution is 5.71. The monoisotopic (exact) mass is 773 g/mol. The Morgan fingerprint density at radius 2 is 0.709 bits per heavy atom. The lowest BCUT2D eigenvalue weighted by Crippen LogP contribution is -2.30. The van der Waals surface area contributed by atoms with E-state index in [4.69, 9.17) is 14.2 Å². The summed E-state index contributed by atoms with van der Waals surface area (Å²) in [6.07, 6.45) is 49.8. The molecule has 320 valence electrons. The third-order valence-electron chi connectivity index (χ3n) is 10.2. The van der Waals surface area contributed by atoms with E-state index in [-0.39, 0.29) is 31.1 Å². The van der Waals surface area contributed by atoms with Gasteiger partial charge in [-0.05, 0) is 51.4 Å². The number of esters is 3. The molecule has 0 heterocycles. The average Bonchev–Trinajstić information content (AvgIpc) is 3.18. The van der Waals surface area contributed by atoms with Gasteiger partial charge >= 0.3 is 17.9 Å². The van der Waals surface area contributed by atoms with Gasteiger partial charge in [0.2, 0.25) is 0 Å². The molecular formula is C49H88O6. The van der Waals surface area contributed by atoms with E-state index in [1.165, 1.54) is 116 Å². The standard InChI is InChI=1S/C49H88O6/c1-4-7-10-13-16-19-22-23-24-25-26-27-28-31-33-36-39-42-48(51)54-45-46(55-49(52)43-40-37-34-30-21-18-15-12-9-6-3)44-53-47(50)41-38-35-32-29-20-17-14-11-8-5-2/h7,10,16,19,23-24,46H,4-6,8-9,11-15,17-18,20-22,25-45H2,1-3H3/b10-7-,19-16-,24-23-. The predicted molar refractivity (Wildman–Crippen MR) is 233 cm³/mol. The van der Waals surface area contributed by atoms with Crippen molar-refractivity contribution in [2.24, 2.45) is 0 Å². The highest BCUT2D eigenvalue weighted by Gasteiger charge is 2.19. The van der Waals surface area contributed by atoms with Crippen LogP contribution in [0.3, 0.4) is 0 Å². The number of unbranched alkanes of at least 4 members (excludes halogenated alkanes) is 25. The number of allylic oxidation sites excluding steroid dienone is 6. The third kappa shape index (κ3) is 42.6. The largest absolute Gasteiger partial charge is 0.462 e. The van der Waals surface area contributed by atoms with Gasteiger partial charge in [0.25, 0.3) is 0 Å². The summed E-state index contributed by atoms with van der Waals surface area (Å²) in [6, 6.07) is 0. The minimum absolute atomic E-state index is 0.0720. The average molecular weight is 773 g/mol. The number of rotatable bonds is 42. The third-order valence-corrected chi connectivity index (χ3v) is 10.2. The molecule has 0 amide bonds. The van der Waals surface area contributed by atoms with Crippen molar-refractivity contribution in [3.05, 3.63) is 36.5 Å². The van der Waals surface area contributed by atoms with Crippen LogP contribution in [0.1, 0.15) is 239 Å². The summed E-state index contributed by atoms with van der Waals surface area (Å²) >= 11 is 0. The number of ether oxygens (including phenoxy) is 3. The van der Waals surface area contributed by atoms with Gasteiger partial charge in [0.15, 0.2) is 6.10 Å². The first-order chi connectivity index (χ1) is 27.0. The minimum Gasteiger partial charge on any atom is -0.462 e. The van der Waals surface area contributed by atoms with E-state index in [1.807, 2.05) is 0 Å². The molecule has 0 saturated carbocycles. The summed E-state index contributed by atoms with van der Waals surface area (Å²) in [7, 11) is 0. The maximum absolute atomic E-state index is 12.7. The molecule has 0 aromatic rings. The Bertz CT molecular complexity index is 938. The Hall–Kier alpha value is -2.37. The summed E-state index contributed by atoms with van der Waals surface area (Å²) in [4.78, 5) is 37.7. The van der Waals surface area contributed by atoms with Crippen molar-refractivity contribution in [3.8, 4) is 0 Å². The Morgan fingerprint density at radius 3 is 1.11 bits per heavy atom. The van der Waals surface area contributed by atoms with Gasteiger partial charge in [-0.2, -0.15) is 0 Å². The fourth-order valence-corrected chi connectivity index (χ4v) is 6.63. The molecule has 0 aliphatic heterocycles. The van der Waals surface area contributed by atoms with Crippen LogP contribution >= 0.6 is 0 Å². The van der Waals surface area contributed by atoms with E-state index in [1.54, 1.807) is 0 Å². The highest BCUT2D eigenvalue weighted by atomic mass is 16.6. The summed E-state index contributed by atoms with van der Waals surface area (Å²) in [5, 5.41) is 0. The molecule has 6 nitrogen and oxygen atoms in total. The SMILES string of the molecule is CC/C=C\C/C=C\C/C=C\CCCCCCCCCC(=O)OCC(COC(=O)CCCCCCCCCCCC)OC(=O)CCCCCCCCCCCC. The van der Waals surface area contributed by atoms with Crippen LogP contribution in [-0.4, -0.2) is 37.2 Å². The number of carbonyl (C=O) groups is 3. The molecule has 0 rings (SSSR count). The molecule has 1 atom stereocenters. The van der Waals surface area contributed by atoms with Crippen LogP contribution in [0.4, 0.5) is 0 Å². The molecule has 0 aliphatic rings. The molecule has 0 radical (unpaired) electrons. The predicted octanol–water partition coefficient (Wildman–Crippen LogP) is 15.0. The van der Waals surface area contributed by atoms with Crippen molar-refractivity contribution in [1.82, 2.24) is 0 Å². The van der Waals surface area contributed by atoms with Gasteiger partial charge in [-0.25, -0.2) is 0 Å². The van der Waals surface area contributed by atoms with Crippen LogP contribution in [0.15, 0.2) is 36.5 Å². The number of hydrogen-bond donors (Lipinski definition) is 0. The van der Waals surface area contributed by atoms with Gasteiger partial charge in [0.1, 0.15) is 13.2 Å². The van der Waals surface area contributed by atoms with Crippen LogP contribution in [0, 0.1) is 0 Å². The molecule has 6 heteroatoms. The molecule has 0 N–H and O–H groups in total. The first-order valence-electron chi connectivity index (χ1n) is 23.5. The second-order valence-corrected chi connectivity index (χ2v) is 15.6. The van der Waals surface area contributed by atoms with Gasteiger partial charge in [0.05, 0.1) is 0 Å². The van der Waals surface area contributed by atoms with Gasteiger partial charge in [-0.15, -0.1) is 0 Å². The van der Waals surface area contributed by atoms with Crippen molar-refractivity contribution in [3.63, 3.8) is 0 Å². The maximum atomic E-state index is 12.7. The van der Waals surface area contributed by atoms with E-state index in [0.717, 1.165) is 83.5 Å². The molecule has 0 bridgehead atoms. The van der Waals surface area contributed by atoms with Gasteiger partial charge in [-0.3, -0.25) is 14.4 Å². The lowest BCUT2D eigenvalue weighted by atomic mass is 10.1. The summed E-state index contributed by atoms with van der Waals surface area (Å²) < 4.78 is 16.7.